The Morgan fingerprint density at radius 1 is 0.333 bits per heavy atom. The second-order valence-electron chi connectivity index (χ2n) is 10.5. The van der Waals surface area contributed by atoms with Gasteiger partial charge in [0.05, 0.1) is 0 Å². The van der Waals surface area contributed by atoms with Crippen LogP contribution in [-0.2, 0) is 0 Å². The molecule has 0 spiro atoms. The van der Waals surface area contributed by atoms with Gasteiger partial charge in [-0.3, -0.25) is 0 Å². The third-order valence-electron chi connectivity index (χ3n) is 8.40. The van der Waals surface area contributed by atoms with Gasteiger partial charge in [0, 0.05) is 16.3 Å². The molecule has 1 nitrogen and oxygen atoms in total. The third-order valence-corrected chi connectivity index (χ3v) is 8.40. The van der Waals surface area contributed by atoms with Gasteiger partial charge in [-0.05, 0) is 90.1 Å². The Morgan fingerprint density at radius 2 is 1.03 bits per heavy atom. The molecule has 1 aliphatic rings. The quantitative estimate of drug-likeness (QED) is 0.163. The molecule has 1 aliphatic heterocycles. The summed E-state index contributed by atoms with van der Waals surface area (Å²) in [5.41, 5.74) is 4.86. The van der Waals surface area contributed by atoms with E-state index in [1.54, 1.807) is 0 Å². The molecule has 180 valence electrons. The second-order valence-corrected chi connectivity index (χ2v) is 10.5. The predicted octanol–water partition coefficient (Wildman–Crippen LogP) is 10.9. The van der Waals surface area contributed by atoms with Crippen molar-refractivity contribution in [3.8, 4) is 33.8 Å². The molecular weight excluding hydrogens is 472 g/mol. The van der Waals surface area contributed by atoms with E-state index < -0.39 is 0 Å². The molecular formula is C38H22O. The van der Waals surface area contributed by atoms with Gasteiger partial charge in [0.2, 0.25) is 0 Å². The minimum atomic E-state index is 0.921. The first-order chi connectivity index (χ1) is 19.3. The Bertz CT molecular complexity index is 2310. The highest BCUT2D eigenvalue weighted by molar-refractivity contribution is 6.20. The van der Waals surface area contributed by atoms with E-state index in [9.17, 15) is 0 Å². The van der Waals surface area contributed by atoms with Crippen molar-refractivity contribution in [1.82, 2.24) is 0 Å². The summed E-state index contributed by atoms with van der Waals surface area (Å²) in [6.45, 7) is 0. The highest BCUT2D eigenvalue weighted by atomic mass is 16.5. The third kappa shape index (κ3) is 2.90. The fourth-order valence-electron chi connectivity index (χ4n) is 6.61. The summed E-state index contributed by atoms with van der Waals surface area (Å²) in [7, 11) is 0. The lowest BCUT2D eigenvalue weighted by Crippen LogP contribution is -1.99. The van der Waals surface area contributed by atoms with Crippen LogP contribution in [0.15, 0.2) is 133 Å². The van der Waals surface area contributed by atoms with E-state index >= 15 is 0 Å². The summed E-state index contributed by atoms with van der Waals surface area (Å²) >= 11 is 0. The maximum absolute atomic E-state index is 6.66. The lowest BCUT2D eigenvalue weighted by molar-refractivity contribution is 0.493. The first-order valence-corrected chi connectivity index (χ1v) is 13.4. The summed E-state index contributed by atoms with van der Waals surface area (Å²) in [6, 6.07) is 48.4. The number of hydrogen-bond donors (Lipinski definition) is 0. The van der Waals surface area contributed by atoms with E-state index in [0.29, 0.717) is 0 Å². The number of hydrogen-bond acceptors (Lipinski definition) is 1. The van der Waals surface area contributed by atoms with Crippen LogP contribution >= 0.6 is 0 Å². The zero-order valence-electron chi connectivity index (χ0n) is 21.1. The number of rotatable bonds is 1. The van der Waals surface area contributed by atoms with Gasteiger partial charge in [-0.25, -0.2) is 0 Å². The largest absolute Gasteiger partial charge is 0.455 e. The molecule has 1 heterocycles. The molecule has 0 unspecified atom stereocenters. The first-order valence-electron chi connectivity index (χ1n) is 13.4. The van der Waals surface area contributed by atoms with Crippen molar-refractivity contribution in [3.05, 3.63) is 133 Å². The van der Waals surface area contributed by atoms with Gasteiger partial charge < -0.3 is 4.74 Å². The molecule has 0 radical (unpaired) electrons. The van der Waals surface area contributed by atoms with Crippen LogP contribution in [0.2, 0.25) is 0 Å². The minimum absolute atomic E-state index is 0.921. The number of benzene rings is 8. The zero-order valence-corrected chi connectivity index (χ0v) is 21.1. The molecule has 9 rings (SSSR count). The van der Waals surface area contributed by atoms with Crippen LogP contribution in [0.1, 0.15) is 0 Å². The van der Waals surface area contributed by atoms with Crippen molar-refractivity contribution in [3.63, 3.8) is 0 Å². The van der Waals surface area contributed by atoms with Gasteiger partial charge in [0.15, 0.2) is 0 Å². The van der Waals surface area contributed by atoms with Crippen molar-refractivity contribution in [2.75, 3.05) is 0 Å². The molecule has 0 aromatic heterocycles. The average Bonchev–Trinajstić information content (AvgIpc) is 3.00. The van der Waals surface area contributed by atoms with E-state index in [0.717, 1.165) is 22.4 Å². The summed E-state index contributed by atoms with van der Waals surface area (Å²) in [6.07, 6.45) is 0. The van der Waals surface area contributed by atoms with Crippen molar-refractivity contribution in [1.29, 1.82) is 0 Å². The van der Waals surface area contributed by atoms with Gasteiger partial charge in [-0.1, -0.05) is 103 Å². The van der Waals surface area contributed by atoms with Gasteiger partial charge >= 0.3 is 0 Å². The lowest BCUT2D eigenvalue weighted by Gasteiger charge is -2.24. The smallest absolute Gasteiger partial charge is 0.143 e. The van der Waals surface area contributed by atoms with Crippen molar-refractivity contribution in [2.24, 2.45) is 0 Å². The standard InChI is InChI=1S/C38H22O/c1-2-10-25-21-34-26(20-24(25)9-1)22-35(29-13-6-5-12-28(29)34)30-18-19-36-37-31(30)14-7-15-32(37)33-17-16-23-8-3-4-11-27(23)38(33)39-36/h1-22H. The molecule has 1 heteroatoms. The van der Waals surface area contributed by atoms with Gasteiger partial charge in [-0.15, -0.1) is 0 Å². The van der Waals surface area contributed by atoms with Crippen LogP contribution in [0.3, 0.4) is 0 Å². The number of fused-ring (bicyclic) bond motifs is 8. The van der Waals surface area contributed by atoms with E-state index in [1.165, 1.54) is 65.2 Å². The van der Waals surface area contributed by atoms with Gasteiger partial charge in [0.25, 0.3) is 0 Å². The molecule has 0 saturated heterocycles. The molecule has 8 aromatic carbocycles. The van der Waals surface area contributed by atoms with Crippen LogP contribution in [-0.4, -0.2) is 0 Å². The van der Waals surface area contributed by atoms with Crippen molar-refractivity contribution >= 4 is 53.9 Å². The summed E-state index contributed by atoms with van der Waals surface area (Å²) in [5, 5.41) is 12.4. The molecule has 0 aliphatic carbocycles. The molecule has 39 heavy (non-hydrogen) atoms. The Hall–Kier alpha value is -5.14. The molecule has 8 aromatic rings. The molecule has 0 N–H and O–H groups in total. The van der Waals surface area contributed by atoms with Gasteiger partial charge in [-0.2, -0.15) is 0 Å². The monoisotopic (exact) mass is 494 g/mol. The average molecular weight is 495 g/mol. The summed E-state index contributed by atoms with van der Waals surface area (Å²) in [4.78, 5) is 0. The van der Waals surface area contributed by atoms with E-state index in [4.69, 9.17) is 4.74 Å². The van der Waals surface area contributed by atoms with Crippen LogP contribution in [0.4, 0.5) is 0 Å². The highest BCUT2D eigenvalue weighted by Crippen LogP contribution is 2.51. The first kappa shape index (κ1) is 20.9. The Kier molecular flexibility index (Phi) is 4.11. The van der Waals surface area contributed by atoms with Crippen LogP contribution < -0.4 is 4.74 Å². The van der Waals surface area contributed by atoms with Gasteiger partial charge in [0.1, 0.15) is 11.5 Å². The van der Waals surface area contributed by atoms with Crippen molar-refractivity contribution in [2.45, 2.75) is 0 Å². The fraction of sp³-hybridized carbons (Fsp3) is 0. The normalized spacial score (nSPS) is 12.3. The SMILES string of the molecule is c1ccc2cc3c(cc(-c4ccc5c6c(cccc46)-c4ccc6ccccc6c4O5)c4ccccc43)cc2c1. The molecule has 0 fully saturated rings. The highest BCUT2D eigenvalue weighted by Gasteiger charge is 2.23. The van der Waals surface area contributed by atoms with Crippen LogP contribution in [0, 0.1) is 0 Å². The molecule has 0 amide bonds. The van der Waals surface area contributed by atoms with E-state index in [1.807, 2.05) is 0 Å². The molecule has 0 saturated carbocycles. The lowest BCUT2D eigenvalue weighted by atomic mass is 9.87. The minimum Gasteiger partial charge on any atom is -0.455 e. The maximum Gasteiger partial charge on any atom is 0.143 e. The van der Waals surface area contributed by atoms with E-state index in [-0.39, 0.29) is 0 Å². The topological polar surface area (TPSA) is 9.23 Å². The van der Waals surface area contributed by atoms with Crippen LogP contribution in [0.25, 0.3) is 76.1 Å². The number of ether oxygens (including phenoxy) is 1. The van der Waals surface area contributed by atoms with Crippen LogP contribution in [0.5, 0.6) is 11.5 Å². The van der Waals surface area contributed by atoms with Crippen molar-refractivity contribution < 1.29 is 4.74 Å². The Balaban J connectivity index is 1.36. The second kappa shape index (κ2) is 7.69. The Morgan fingerprint density at radius 3 is 1.90 bits per heavy atom. The maximum atomic E-state index is 6.66. The zero-order chi connectivity index (χ0) is 25.5. The molecule has 0 bridgehead atoms. The molecule has 0 atom stereocenters. The van der Waals surface area contributed by atoms with E-state index in [2.05, 4.69) is 133 Å². The Labute approximate surface area is 225 Å². The predicted molar refractivity (Wildman–Crippen MR) is 165 cm³/mol. The summed E-state index contributed by atoms with van der Waals surface area (Å²) < 4.78 is 6.66. The summed E-state index contributed by atoms with van der Waals surface area (Å²) in [5.74, 6) is 1.87. The fourth-order valence-corrected chi connectivity index (χ4v) is 6.61.